The van der Waals surface area contributed by atoms with Gasteiger partial charge in [-0.15, -0.1) is 11.8 Å². The van der Waals surface area contributed by atoms with Crippen molar-refractivity contribution in [2.75, 3.05) is 19.6 Å². The maximum Gasteiger partial charge on any atom is 0.295 e. The number of aromatic nitrogens is 2. The Morgan fingerprint density at radius 3 is 2.62 bits per heavy atom. The van der Waals surface area contributed by atoms with Gasteiger partial charge in [0, 0.05) is 56.2 Å². The van der Waals surface area contributed by atoms with Gasteiger partial charge in [-0.2, -0.15) is 0 Å². The molecule has 3 aromatic rings. The number of aromatic amines is 1. The number of H-pyrrole nitrogens is 1. The zero-order valence-corrected chi connectivity index (χ0v) is 19.9. The van der Waals surface area contributed by atoms with Crippen LogP contribution < -0.4 is 0 Å². The van der Waals surface area contributed by atoms with Crippen LogP contribution in [0.4, 0.5) is 0 Å². The molecular formula is C26H28N4O3S. The summed E-state index contributed by atoms with van der Waals surface area (Å²) in [6, 6.07) is 10.8. The number of hydrogen-bond donors (Lipinski definition) is 1. The molecule has 0 saturated carbocycles. The number of nitrogens with zero attached hydrogens (tertiary/aromatic N) is 3. The quantitative estimate of drug-likeness (QED) is 0.453. The number of Topliss-reactive ketones (excluding diaryl/α,β-unsaturated/α-hetero) is 1. The molecular weight excluding hydrogens is 448 g/mol. The van der Waals surface area contributed by atoms with Gasteiger partial charge in [-0.3, -0.25) is 19.4 Å². The molecule has 3 atom stereocenters. The normalized spacial score (nSPS) is 22.4. The molecule has 176 valence electrons. The van der Waals surface area contributed by atoms with Crippen molar-refractivity contribution in [3.8, 4) is 0 Å². The van der Waals surface area contributed by atoms with Crippen LogP contribution in [0.25, 0.3) is 11.0 Å². The highest BCUT2D eigenvalue weighted by Gasteiger charge is 2.35. The Labute approximate surface area is 203 Å². The standard InChI is InChI=1S/C26H26N4O3S.H2/c1-16-15-29(25(32)18-6-4-3-5-7-18)11-12-30(16)26(33)24(31)21-14-28-22-20(8-10-27-23(21)22)19-9-13-34-17(19)2;/h3-10,13-14,16-17,19,28H,11-12,15H2,1-2H3;1H/t16-,17?,19?;/m1./s1. The number of amides is 2. The molecule has 8 heteroatoms. The third kappa shape index (κ3) is 3.92. The largest absolute Gasteiger partial charge is 0.359 e. The van der Waals surface area contributed by atoms with Gasteiger partial charge in [0.05, 0.1) is 16.6 Å². The summed E-state index contributed by atoms with van der Waals surface area (Å²) in [6.45, 7) is 5.12. The van der Waals surface area contributed by atoms with Crippen molar-refractivity contribution >= 4 is 40.4 Å². The van der Waals surface area contributed by atoms with Crippen molar-refractivity contribution in [2.45, 2.75) is 31.1 Å². The molecule has 1 N–H and O–H groups in total. The van der Waals surface area contributed by atoms with E-state index in [-0.39, 0.29) is 19.3 Å². The van der Waals surface area contributed by atoms with Crippen LogP contribution in [-0.2, 0) is 4.79 Å². The molecule has 4 heterocycles. The SMILES string of the molecule is CC1SC=CC1c1ccnc2c(C(=O)C(=O)N3CCN(C(=O)c4ccccc4)C[C@H]3C)c[nH]c12.[HH]. The van der Waals surface area contributed by atoms with E-state index in [9.17, 15) is 14.4 Å². The predicted molar refractivity (Wildman–Crippen MR) is 135 cm³/mol. The number of nitrogens with one attached hydrogen (secondary N) is 1. The number of allylic oxidation sites excluding steroid dienone is 1. The first-order valence-corrected chi connectivity index (χ1v) is 12.4. The van der Waals surface area contributed by atoms with E-state index in [1.54, 1.807) is 46.1 Å². The zero-order valence-electron chi connectivity index (χ0n) is 19.1. The topological polar surface area (TPSA) is 86.4 Å². The molecule has 0 radical (unpaired) electrons. The lowest BCUT2D eigenvalue weighted by atomic mass is 9.95. The molecule has 0 spiro atoms. The Kier molecular flexibility index (Phi) is 6.00. The summed E-state index contributed by atoms with van der Waals surface area (Å²) >= 11 is 1.78. The second-order valence-corrected chi connectivity index (χ2v) is 10.1. The fourth-order valence-electron chi connectivity index (χ4n) is 4.80. The summed E-state index contributed by atoms with van der Waals surface area (Å²) in [7, 11) is 0. The van der Waals surface area contributed by atoms with Crippen molar-refractivity contribution in [2.24, 2.45) is 0 Å². The molecule has 2 unspecified atom stereocenters. The lowest BCUT2D eigenvalue weighted by molar-refractivity contribution is -0.130. The number of benzene rings is 1. The molecule has 7 nitrogen and oxygen atoms in total. The number of carbonyl (C=O) groups is 3. The van der Waals surface area contributed by atoms with E-state index in [2.05, 4.69) is 28.4 Å². The lowest BCUT2D eigenvalue weighted by Crippen LogP contribution is -2.56. The number of carbonyl (C=O) groups excluding carboxylic acids is 3. The molecule has 34 heavy (non-hydrogen) atoms. The van der Waals surface area contributed by atoms with Crippen LogP contribution in [0.5, 0.6) is 0 Å². The minimum Gasteiger partial charge on any atom is -0.359 e. The lowest BCUT2D eigenvalue weighted by Gasteiger charge is -2.39. The van der Waals surface area contributed by atoms with Gasteiger partial charge in [-0.05, 0) is 36.1 Å². The molecule has 2 aromatic heterocycles. The van der Waals surface area contributed by atoms with E-state index < -0.39 is 11.7 Å². The van der Waals surface area contributed by atoms with Crippen molar-refractivity contribution < 1.29 is 15.8 Å². The number of hydrogen-bond acceptors (Lipinski definition) is 5. The summed E-state index contributed by atoms with van der Waals surface area (Å²) < 4.78 is 0. The number of fused-ring (bicyclic) bond motifs is 1. The van der Waals surface area contributed by atoms with E-state index in [1.165, 1.54) is 0 Å². The van der Waals surface area contributed by atoms with Crippen LogP contribution in [0.3, 0.4) is 0 Å². The highest BCUT2D eigenvalue weighted by atomic mass is 32.2. The predicted octanol–water partition coefficient (Wildman–Crippen LogP) is 4.10. The fraction of sp³-hybridized carbons (Fsp3) is 0.308. The molecule has 1 saturated heterocycles. The van der Waals surface area contributed by atoms with E-state index in [0.717, 1.165) is 11.1 Å². The van der Waals surface area contributed by atoms with Gasteiger partial charge in [0.25, 0.3) is 17.6 Å². The Bertz CT molecular complexity index is 1290. The molecule has 2 amide bonds. The van der Waals surface area contributed by atoms with Crippen LogP contribution in [0.15, 0.2) is 60.3 Å². The second kappa shape index (κ2) is 9.10. The van der Waals surface area contributed by atoms with Gasteiger partial charge in [0.15, 0.2) is 0 Å². The third-order valence-corrected chi connectivity index (χ3v) is 7.72. The molecule has 0 aliphatic carbocycles. The summed E-state index contributed by atoms with van der Waals surface area (Å²) in [5, 5.41) is 2.49. The van der Waals surface area contributed by atoms with Gasteiger partial charge in [0.2, 0.25) is 0 Å². The molecule has 5 rings (SSSR count). The monoisotopic (exact) mass is 476 g/mol. The molecule has 2 aliphatic heterocycles. The van der Waals surface area contributed by atoms with Gasteiger partial charge in [-0.25, -0.2) is 0 Å². The summed E-state index contributed by atoms with van der Waals surface area (Å²) in [5.41, 5.74) is 3.31. The number of ketones is 1. The number of pyridine rings is 1. The molecule has 2 aliphatic rings. The minimum absolute atomic E-state index is 0. The smallest absolute Gasteiger partial charge is 0.295 e. The minimum atomic E-state index is -0.574. The van der Waals surface area contributed by atoms with Crippen LogP contribution in [0, 0.1) is 0 Å². The van der Waals surface area contributed by atoms with Crippen LogP contribution >= 0.6 is 11.8 Å². The fourth-order valence-corrected chi connectivity index (χ4v) is 5.71. The van der Waals surface area contributed by atoms with Gasteiger partial charge < -0.3 is 14.8 Å². The maximum atomic E-state index is 13.2. The van der Waals surface area contributed by atoms with E-state index in [1.807, 2.05) is 31.2 Å². The highest BCUT2D eigenvalue weighted by Crippen LogP contribution is 2.39. The molecule has 0 bridgehead atoms. The second-order valence-electron chi connectivity index (χ2n) is 8.82. The number of thioether (sulfide) groups is 1. The van der Waals surface area contributed by atoms with Crippen LogP contribution in [0.2, 0.25) is 0 Å². The Morgan fingerprint density at radius 2 is 1.91 bits per heavy atom. The van der Waals surface area contributed by atoms with Crippen molar-refractivity contribution in [3.05, 3.63) is 77.0 Å². The van der Waals surface area contributed by atoms with Crippen LogP contribution in [-0.4, -0.2) is 68.3 Å². The van der Waals surface area contributed by atoms with E-state index in [4.69, 9.17) is 0 Å². The first kappa shape index (κ1) is 22.4. The van der Waals surface area contributed by atoms with Crippen molar-refractivity contribution in [1.29, 1.82) is 0 Å². The zero-order chi connectivity index (χ0) is 23.8. The average Bonchev–Trinajstić information content (AvgIpc) is 3.49. The van der Waals surface area contributed by atoms with Crippen molar-refractivity contribution in [3.63, 3.8) is 0 Å². The van der Waals surface area contributed by atoms with E-state index in [0.29, 0.717) is 41.5 Å². The van der Waals surface area contributed by atoms with Gasteiger partial charge in [-0.1, -0.05) is 31.2 Å². The first-order chi connectivity index (χ1) is 16.5. The first-order valence-electron chi connectivity index (χ1n) is 11.4. The summed E-state index contributed by atoms with van der Waals surface area (Å²) in [5.74, 6) is -0.970. The van der Waals surface area contributed by atoms with Gasteiger partial charge in [0.1, 0.15) is 0 Å². The number of rotatable bonds is 4. The van der Waals surface area contributed by atoms with Gasteiger partial charge >= 0.3 is 0 Å². The summed E-state index contributed by atoms with van der Waals surface area (Å²) in [6.07, 6.45) is 5.46. The molecule has 1 aromatic carbocycles. The molecule has 1 fully saturated rings. The maximum absolute atomic E-state index is 13.2. The average molecular weight is 477 g/mol. The Hall–Kier alpha value is -3.39. The number of piperazine rings is 1. The van der Waals surface area contributed by atoms with Crippen LogP contribution in [0.1, 0.15) is 47.5 Å². The highest BCUT2D eigenvalue weighted by molar-refractivity contribution is 8.03. The van der Waals surface area contributed by atoms with E-state index >= 15 is 0 Å². The summed E-state index contributed by atoms with van der Waals surface area (Å²) in [4.78, 5) is 50.2. The third-order valence-electron chi connectivity index (χ3n) is 6.68. The Balaban J connectivity index is 0.00000289. The van der Waals surface area contributed by atoms with Crippen molar-refractivity contribution in [1.82, 2.24) is 19.8 Å². The Morgan fingerprint density at radius 1 is 1.12 bits per heavy atom.